The van der Waals surface area contributed by atoms with Crippen LogP contribution in [0.1, 0.15) is 15.9 Å². The number of aromatic amines is 1. The van der Waals surface area contributed by atoms with Crippen molar-refractivity contribution in [2.45, 2.75) is 0 Å². The minimum atomic E-state index is -1.19. The Morgan fingerprint density at radius 3 is 2.48 bits per heavy atom. The van der Waals surface area contributed by atoms with Crippen molar-refractivity contribution < 1.29 is 18.0 Å². The van der Waals surface area contributed by atoms with E-state index >= 15 is 0 Å². The molecule has 0 radical (unpaired) electrons. The molecule has 3 nitrogen and oxygen atoms in total. The number of nitrogen functional groups attached to an aromatic ring is 1. The zero-order valence-corrected chi connectivity index (χ0v) is 10.6. The van der Waals surface area contributed by atoms with Crippen LogP contribution in [0.5, 0.6) is 0 Å². The smallest absolute Gasteiger partial charge is 0.197 e. The SMILES string of the molecule is Nc1cc(F)c(F)cc1C(=O)c1c[nH]c2cccc(F)c12. The number of rotatable bonds is 2. The molecule has 106 valence electrons. The van der Waals surface area contributed by atoms with E-state index in [2.05, 4.69) is 4.98 Å². The Labute approximate surface area is 117 Å². The molecule has 1 aromatic heterocycles. The number of carbonyl (C=O) groups is 1. The number of nitrogens with one attached hydrogen (secondary N) is 1. The molecule has 0 aliphatic heterocycles. The van der Waals surface area contributed by atoms with E-state index in [4.69, 9.17) is 5.73 Å². The molecule has 0 fully saturated rings. The molecular weight excluding hydrogens is 281 g/mol. The van der Waals surface area contributed by atoms with Gasteiger partial charge in [-0.05, 0) is 18.2 Å². The highest BCUT2D eigenvalue weighted by Gasteiger charge is 2.20. The zero-order chi connectivity index (χ0) is 15.1. The maximum atomic E-state index is 13.9. The van der Waals surface area contributed by atoms with E-state index in [1.165, 1.54) is 18.3 Å². The summed E-state index contributed by atoms with van der Waals surface area (Å²) in [7, 11) is 0. The van der Waals surface area contributed by atoms with Crippen LogP contribution < -0.4 is 5.73 Å². The summed E-state index contributed by atoms with van der Waals surface area (Å²) in [4.78, 5) is 15.2. The Balaban J connectivity index is 2.20. The van der Waals surface area contributed by atoms with Gasteiger partial charge in [-0.2, -0.15) is 0 Å². The average Bonchev–Trinajstić information content (AvgIpc) is 2.87. The normalized spacial score (nSPS) is 11.0. The van der Waals surface area contributed by atoms with Crippen LogP contribution in [0.4, 0.5) is 18.9 Å². The van der Waals surface area contributed by atoms with Crippen molar-refractivity contribution in [3.63, 3.8) is 0 Å². The van der Waals surface area contributed by atoms with Gasteiger partial charge < -0.3 is 10.7 Å². The third-order valence-electron chi connectivity index (χ3n) is 3.24. The minimum Gasteiger partial charge on any atom is -0.398 e. The molecule has 0 spiro atoms. The van der Waals surface area contributed by atoms with Crippen molar-refractivity contribution in [2.24, 2.45) is 0 Å². The summed E-state index contributed by atoms with van der Waals surface area (Å²) in [6.07, 6.45) is 1.32. The zero-order valence-electron chi connectivity index (χ0n) is 10.6. The first-order chi connectivity index (χ1) is 9.99. The lowest BCUT2D eigenvalue weighted by atomic mass is 10.0. The fourth-order valence-electron chi connectivity index (χ4n) is 2.22. The van der Waals surface area contributed by atoms with Crippen molar-refractivity contribution in [1.82, 2.24) is 4.98 Å². The lowest BCUT2D eigenvalue weighted by molar-refractivity contribution is 0.104. The van der Waals surface area contributed by atoms with Crippen LogP contribution in [-0.4, -0.2) is 10.8 Å². The Bertz CT molecular complexity index is 871. The summed E-state index contributed by atoms with van der Waals surface area (Å²) in [6.45, 7) is 0. The summed E-state index contributed by atoms with van der Waals surface area (Å²) < 4.78 is 40.2. The van der Waals surface area contributed by atoms with Crippen molar-refractivity contribution in [2.75, 3.05) is 5.73 Å². The Morgan fingerprint density at radius 2 is 1.71 bits per heavy atom. The van der Waals surface area contributed by atoms with Crippen molar-refractivity contribution in [3.05, 3.63) is 65.1 Å². The van der Waals surface area contributed by atoms with Crippen LogP contribution in [0.3, 0.4) is 0 Å². The molecule has 0 aliphatic rings. The fraction of sp³-hybridized carbons (Fsp3) is 0. The largest absolute Gasteiger partial charge is 0.398 e. The molecule has 0 amide bonds. The van der Waals surface area contributed by atoms with Gasteiger partial charge in [-0.3, -0.25) is 4.79 Å². The number of H-pyrrole nitrogens is 1. The lowest BCUT2D eigenvalue weighted by Crippen LogP contribution is -2.07. The van der Waals surface area contributed by atoms with Crippen LogP contribution in [0, 0.1) is 17.5 Å². The van der Waals surface area contributed by atoms with Gasteiger partial charge in [-0.25, -0.2) is 13.2 Å². The molecule has 3 aromatic rings. The van der Waals surface area contributed by atoms with Gasteiger partial charge in [0.2, 0.25) is 0 Å². The van der Waals surface area contributed by atoms with E-state index in [1.807, 2.05) is 0 Å². The Morgan fingerprint density at radius 1 is 1.00 bits per heavy atom. The second-order valence-corrected chi connectivity index (χ2v) is 4.55. The van der Waals surface area contributed by atoms with Crippen LogP contribution >= 0.6 is 0 Å². The molecule has 1 heterocycles. The highest BCUT2D eigenvalue weighted by Crippen LogP contribution is 2.26. The first-order valence-corrected chi connectivity index (χ1v) is 6.04. The van der Waals surface area contributed by atoms with Gasteiger partial charge in [-0.15, -0.1) is 0 Å². The molecule has 0 atom stereocenters. The van der Waals surface area contributed by atoms with Gasteiger partial charge in [0, 0.05) is 34.4 Å². The van der Waals surface area contributed by atoms with Gasteiger partial charge in [0.15, 0.2) is 17.4 Å². The topological polar surface area (TPSA) is 58.9 Å². The van der Waals surface area contributed by atoms with Gasteiger partial charge in [0.1, 0.15) is 5.82 Å². The van der Waals surface area contributed by atoms with E-state index in [0.29, 0.717) is 11.6 Å². The second-order valence-electron chi connectivity index (χ2n) is 4.55. The molecule has 0 saturated carbocycles. The van der Waals surface area contributed by atoms with Gasteiger partial charge in [0.05, 0.1) is 5.56 Å². The second kappa shape index (κ2) is 4.66. The molecule has 21 heavy (non-hydrogen) atoms. The summed E-state index contributed by atoms with van der Waals surface area (Å²) in [5, 5.41) is 0.0895. The fourth-order valence-corrected chi connectivity index (χ4v) is 2.22. The average molecular weight is 290 g/mol. The molecule has 0 bridgehead atoms. The van der Waals surface area contributed by atoms with E-state index in [1.54, 1.807) is 6.07 Å². The van der Waals surface area contributed by atoms with Crippen LogP contribution in [0.2, 0.25) is 0 Å². The maximum Gasteiger partial charge on any atom is 0.197 e. The number of anilines is 1. The lowest BCUT2D eigenvalue weighted by Gasteiger charge is -2.05. The molecule has 3 rings (SSSR count). The standard InChI is InChI=1S/C15H9F3N2O/c16-9-2-1-3-13-14(9)8(6-20-13)15(21)7-4-10(17)11(18)5-12(7)19/h1-6,20H,19H2. The van der Waals surface area contributed by atoms with Crippen molar-refractivity contribution in [1.29, 1.82) is 0 Å². The minimum absolute atomic E-state index is 0.0146. The van der Waals surface area contributed by atoms with E-state index in [9.17, 15) is 18.0 Å². The molecule has 2 aromatic carbocycles. The molecular formula is C15H9F3N2O. The summed E-state index contributed by atoms with van der Waals surface area (Å²) in [6, 6.07) is 5.75. The Kier molecular flexibility index (Phi) is 2.94. The first kappa shape index (κ1) is 13.2. The molecule has 3 N–H and O–H groups in total. The molecule has 0 saturated heterocycles. The van der Waals surface area contributed by atoms with E-state index in [-0.39, 0.29) is 22.2 Å². The summed E-state index contributed by atoms with van der Waals surface area (Å²) in [5.74, 6) is -3.59. The molecule has 0 aliphatic carbocycles. The quantitative estimate of drug-likeness (QED) is 0.561. The van der Waals surface area contributed by atoms with Crippen molar-refractivity contribution >= 4 is 22.4 Å². The number of hydrogen-bond acceptors (Lipinski definition) is 2. The third kappa shape index (κ3) is 2.05. The number of hydrogen-bond donors (Lipinski definition) is 2. The van der Waals surface area contributed by atoms with Crippen LogP contribution in [-0.2, 0) is 0 Å². The number of ketones is 1. The highest BCUT2D eigenvalue weighted by atomic mass is 19.2. The highest BCUT2D eigenvalue weighted by molar-refractivity contribution is 6.18. The molecule has 0 unspecified atom stereocenters. The summed E-state index contributed by atoms with van der Waals surface area (Å²) in [5.41, 5.74) is 5.58. The number of fused-ring (bicyclic) bond motifs is 1. The predicted octanol–water partition coefficient (Wildman–Crippen LogP) is 3.40. The van der Waals surface area contributed by atoms with Gasteiger partial charge in [-0.1, -0.05) is 6.07 Å². The molecule has 6 heteroatoms. The predicted molar refractivity (Wildman–Crippen MR) is 72.5 cm³/mol. The van der Waals surface area contributed by atoms with Crippen LogP contribution in [0.25, 0.3) is 10.9 Å². The number of benzene rings is 2. The summed E-state index contributed by atoms with van der Waals surface area (Å²) >= 11 is 0. The number of carbonyl (C=O) groups excluding carboxylic acids is 1. The van der Waals surface area contributed by atoms with Crippen molar-refractivity contribution in [3.8, 4) is 0 Å². The Hall–Kier alpha value is -2.76. The van der Waals surface area contributed by atoms with Gasteiger partial charge >= 0.3 is 0 Å². The third-order valence-corrected chi connectivity index (χ3v) is 3.24. The van der Waals surface area contributed by atoms with Gasteiger partial charge in [0.25, 0.3) is 0 Å². The van der Waals surface area contributed by atoms with E-state index in [0.717, 1.165) is 6.07 Å². The maximum absolute atomic E-state index is 13.9. The van der Waals surface area contributed by atoms with E-state index < -0.39 is 23.2 Å². The first-order valence-electron chi connectivity index (χ1n) is 6.04. The monoisotopic (exact) mass is 290 g/mol. The number of nitrogens with two attached hydrogens (primary N) is 1. The number of aromatic nitrogens is 1. The number of halogens is 3. The van der Waals surface area contributed by atoms with Crippen LogP contribution in [0.15, 0.2) is 36.5 Å².